The largest absolute Gasteiger partial charge is 0.367 e. The van der Waals surface area contributed by atoms with Crippen LogP contribution in [0.2, 0.25) is 0 Å². The maximum Gasteiger partial charge on any atom is 0.224 e. The van der Waals surface area contributed by atoms with Gasteiger partial charge in [0.1, 0.15) is 11.6 Å². The SMILES string of the molecule is Cc1ncc(N2CC[C@@H](NC(=O)[C@H]3C[C@@H]3c3nc4ccccc4[nH]3)C2)cn1. The van der Waals surface area contributed by atoms with E-state index in [1.807, 2.05) is 43.6 Å². The number of imidazole rings is 1. The van der Waals surface area contributed by atoms with Gasteiger partial charge in [-0.1, -0.05) is 12.1 Å². The van der Waals surface area contributed by atoms with E-state index in [4.69, 9.17) is 0 Å². The number of aryl methyl sites for hydroxylation is 1. The molecule has 138 valence electrons. The Labute approximate surface area is 157 Å². The number of hydrogen-bond donors (Lipinski definition) is 2. The number of anilines is 1. The van der Waals surface area contributed by atoms with Gasteiger partial charge in [-0.2, -0.15) is 0 Å². The number of rotatable bonds is 4. The summed E-state index contributed by atoms with van der Waals surface area (Å²) in [6.07, 6.45) is 5.52. The van der Waals surface area contributed by atoms with Crippen LogP contribution in [-0.2, 0) is 4.79 Å². The van der Waals surface area contributed by atoms with Gasteiger partial charge in [-0.25, -0.2) is 15.0 Å². The molecule has 1 aromatic carbocycles. The molecule has 7 heteroatoms. The van der Waals surface area contributed by atoms with Crippen molar-refractivity contribution in [1.29, 1.82) is 0 Å². The van der Waals surface area contributed by atoms with E-state index < -0.39 is 0 Å². The first kappa shape index (κ1) is 16.2. The number of aromatic nitrogens is 4. The molecular weight excluding hydrogens is 340 g/mol. The van der Waals surface area contributed by atoms with Crippen molar-refractivity contribution >= 4 is 22.6 Å². The Balaban J connectivity index is 1.19. The molecule has 0 spiro atoms. The fourth-order valence-corrected chi connectivity index (χ4v) is 3.91. The van der Waals surface area contributed by atoms with Crippen LogP contribution in [0, 0.1) is 12.8 Å². The summed E-state index contributed by atoms with van der Waals surface area (Å²) in [5.41, 5.74) is 3.01. The number of carbonyl (C=O) groups excluding carboxylic acids is 1. The van der Waals surface area contributed by atoms with Crippen LogP contribution in [-0.4, -0.2) is 45.0 Å². The molecule has 3 aromatic rings. The lowest BCUT2D eigenvalue weighted by Crippen LogP contribution is -2.38. The summed E-state index contributed by atoms with van der Waals surface area (Å²) in [7, 11) is 0. The highest BCUT2D eigenvalue weighted by atomic mass is 16.2. The molecule has 3 atom stereocenters. The molecule has 2 N–H and O–H groups in total. The average Bonchev–Trinajstić information content (AvgIpc) is 3.15. The van der Waals surface area contributed by atoms with Gasteiger partial charge in [0.2, 0.25) is 5.91 Å². The molecule has 27 heavy (non-hydrogen) atoms. The molecule has 1 amide bonds. The van der Waals surface area contributed by atoms with Crippen LogP contribution >= 0.6 is 0 Å². The minimum Gasteiger partial charge on any atom is -0.367 e. The fourth-order valence-electron chi connectivity index (χ4n) is 3.91. The Kier molecular flexibility index (Phi) is 3.81. The second-order valence-electron chi connectivity index (χ2n) is 7.52. The van der Waals surface area contributed by atoms with Gasteiger partial charge in [-0.05, 0) is 31.9 Å². The maximum atomic E-state index is 12.7. The summed E-state index contributed by atoms with van der Waals surface area (Å²) in [6, 6.07) is 8.16. The summed E-state index contributed by atoms with van der Waals surface area (Å²) in [5, 5.41) is 3.22. The van der Waals surface area contributed by atoms with E-state index >= 15 is 0 Å². The van der Waals surface area contributed by atoms with E-state index in [1.165, 1.54) is 0 Å². The Morgan fingerprint density at radius 1 is 1.26 bits per heavy atom. The number of amides is 1. The van der Waals surface area contributed by atoms with Crippen molar-refractivity contribution < 1.29 is 4.79 Å². The fraction of sp³-hybridized carbons (Fsp3) is 0.400. The first-order valence-corrected chi connectivity index (χ1v) is 9.46. The third kappa shape index (κ3) is 3.13. The van der Waals surface area contributed by atoms with Gasteiger partial charge < -0.3 is 15.2 Å². The van der Waals surface area contributed by atoms with E-state index in [-0.39, 0.29) is 23.8 Å². The smallest absolute Gasteiger partial charge is 0.224 e. The minimum absolute atomic E-state index is 0.0299. The second kappa shape index (κ2) is 6.33. The Morgan fingerprint density at radius 2 is 2.07 bits per heavy atom. The van der Waals surface area contributed by atoms with Gasteiger partial charge in [0.05, 0.1) is 29.1 Å². The van der Waals surface area contributed by atoms with Crippen LogP contribution in [0.15, 0.2) is 36.7 Å². The highest BCUT2D eigenvalue weighted by molar-refractivity contribution is 5.83. The molecule has 0 unspecified atom stereocenters. The van der Waals surface area contributed by atoms with Gasteiger partial charge in [0.15, 0.2) is 0 Å². The standard InChI is InChI=1S/C20H22N6O/c1-12-21-9-14(10-22-12)26-7-6-13(11-26)23-20(27)16-8-15(16)19-24-17-4-2-3-5-18(17)25-19/h2-5,9-10,13,15-16H,6-8,11H2,1H3,(H,23,27)(H,24,25)/t13-,15+,16+/m1/s1. The Morgan fingerprint density at radius 3 is 2.89 bits per heavy atom. The predicted molar refractivity (Wildman–Crippen MR) is 102 cm³/mol. The van der Waals surface area contributed by atoms with Crippen LogP contribution in [0.3, 0.4) is 0 Å². The highest BCUT2D eigenvalue weighted by Gasteiger charge is 2.46. The summed E-state index contributed by atoms with van der Waals surface area (Å²) < 4.78 is 0. The number of nitrogens with one attached hydrogen (secondary N) is 2. The molecular formula is C20H22N6O. The number of para-hydroxylation sites is 2. The number of H-pyrrole nitrogens is 1. The van der Waals surface area contributed by atoms with Crippen molar-refractivity contribution in [3.63, 3.8) is 0 Å². The maximum absolute atomic E-state index is 12.7. The van der Waals surface area contributed by atoms with Crippen LogP contribution in [0.1, 0.15) is 30.4 Å². The number of hydrogen-bond acceptors (Lipinski definition) is 5. The van der Waals surface area contributed by atoms with Crippen molar-refractivity contribution in [2.24, 2.45) is 5.92 Å². The zero-order valence-corrected chi connectivity index (χ0v) is 15.2. The molecule has 1 saturated carbocycles. The van der Waals surface area contributed by atoms with Crippen molar-refractivity contribution in [2.45, 2.75) is 31.7 Å². The van der Waals surface area contributed by atoms with Gasteiger partial charge in [0.25, 0.3) is 0 Å². The van der Waals surface area contributed by atoms with Crippen LogP contribution in [0.25, 0.3) is 11.0 Å². The summed E-state index contributed by atoms with van der Waals surface area (Å²) in [5.74, 6) is 2.09. The number of aromatic amines is 1. The van der Waals surface area contributed by atoms with E-state index in [0.29, 0.717) is 0 Å². The molecule has 2 fully saturated rings. The summed E-state index contributed by atoms with van der Waals surface area (Å²) in [6.45, 7) is 3.60. The van der Waals surface area contributed by atoms with Crippen molar-refractivity contribution in [1.82, 2.24) is 25.3 Å². The topological polar surface area (TPSA) is 86.8 Å². The lowest BCUT2D eigenvalue weighted by molar-refractivity contribution is -0.123. The highest BCUT2D eigenvalue weighted by Crippen LogP contribution is 2.46. The summed E-state index contributed by atoms with van der Waals surface area (Å²) >= 11 is 0. The van der Waals surface area contributed by atoms with Gasteiger partial charge >= 0.3 is 0 Å². The average molecular weight is 362 g/mol. The summed E-state index contributed by atoms with van der Waals surface area (Å²) in [4.78, 5) is 31.4. The zero-order chi connectivity index (χ0) is 18.4. The lowest BCUT2D eigenvalue weighted by Gasteiger charge is -2.18. The predicted octanol–water partition coefficient (Wildman–Crippen LogP) is 2.16. The number of carbonyl (C=O) groups is 1. The molecule has 5 rings (SSSR count). The molecule has 1 aliphatic carbocycles. The third-order valence-electron chi connectivity index (χ3n) is 5.55. The third-order valence-corrected chi connectivity index (χ3v) is 5.55. The molecule has 0 radical (unpaired) electrons. The van der Waals surface area contributed by atoms with Crippen LogP contribution in [0.4, 0.5) is 5.69 Å². The lowest BCUT2D eigenvalue weighted by atomic mass is 10.2. The van der Waals surface area contributed by atoms with Crippen molar-refractivity contribution in [3.05, 3.63) is 48.3 Å². The van der Waals surface area contributed by atoms with Crippen LogP contribution in [0.5, 0.6) is 0 Å². The van der Waals surface area contributed by atoms with Crippen LogP contribution < -0.4 is 10.2 Å². The van der Waals surface area contributed by atoms with E-state index in [2.05, 4.69) is 30.2 Å². The van der Waals surface area contributed by atoms with Crippen molar-refractivity contribution in [2.75, 3.05) is 18.0 Å². The molecule has 1 aliphatic heterocycles. The second-order valence-corrected chi connectivity index (χ2v) is 7.52. The van der Waals surface area contributed by atoms with E-state index in [9.17, 15) is 4.79 Å². The quantitative estimate of drug-likeness (QED) is 0.743. The number of fused-ring (bicyclic) bond motifs is 1. The molecule has 0 bridgehead atoms. The molecule has 3 heterocycles. The first-order chi connectivity index (χ1) is 13.2. The van der Waals surface area contributed by atoms with Gasteiger partial charge in [-0.15, -0.1) is 0 Å². The van der Waals surface area contributed by atoms with E-state index in [1.54, 1.807) is 0 Å². The zero-order valence-electron chi connectivity index (χ0n) is 15.2. The Hall–Kier alpha value is -2.96. The van der Waals surface area contributed by atoms with Gasteiger partial charge in [-0.3, -0.25) is 4.79 Å². The first-order valence-electron chi connectivity index (χ1n) is 9.46. The van der Waals surface area contributed by atoms with Gasteiger partial charge in [0, 0.05) is 31.0 Å². The molecule has 2 aromatic heterocycles. The normalized spacial score (nSPS) is 24.3. The molecule has 7 nitrogen and oxygen atoms in total. The van der Waals surface area contributed by atoms with Crippen molar-refractivity contribution in [3.8, 4) is 0 Å². The molecule has 1 saturated heterocycles. The Bertz CT molecular complexity index is 949. The monoisotopic (exact) mass is 362 g/mol. The number of nitrogens with zero attached hydrogens (tertiary/aromatic N) is 4. The number of benzene rings is 1. The molecule has 2 aliphatic rings. The minimum atomic E-state index is 0.0299. The van der Waals surface area contributed by atoms with E-state index in [0.717, 1.165) is 54.3 Å².